The summed E-state index contributed by atoms with van der Waals surface area (Å²) < 4.78 is 45.3. The second kappa shape index (κ2) is 6.30. The van der Waals surface area contributed by atoms with E-state index in [-0.39, 0.29) is 11.3 Å². The fraction of sp³-hybridized carbons (Fsp3) is 0.133. The van der Waals surface area contributed by atoms with Crippen molar-refractivity contribution in [1.82, 2.24) is 0 Å². The predicted molar refractivity (Wildman–Crippen MR) is 74.9 cm³/mol. The molecule has 0 aliphatic carbocycles. The van der Waals surface area contributed by atoms with E-state index in [0.717, 1.165) is 18.2 Å². The smallest absolute Gasteiger partial charge is 0.205 e. The molecular formula is C15H10BrF3O2. The van der Waals surface area contributed by atoms with Gasteiger partial charge in [-0.25, -0.2) is 13.2 Å². The molecule has 0 aliphatic heterocycles. The number of hydrogen-bond acceptors (Lipinski definition) is 2. The van der Waals surface area contributed by atoms with Crippen LogP contribution in [-0.4, -0.2) is 11.9 Å². The third kappa shape index (κ3) is 3.64. The zero-order valence-electron chi connectivity index (χ0n) is 10.9. The van der Waals surface area contributed by atoms with Crippen LogP contribution in [-0.2, 0) is 0 Å². The van der Waals surface area contributed by atoms with Gasteiger partial charge in [0, 0.05) is 12.1 Å². The van der Waals surface area contributed by atoms with Gasteiger partial charge in [0.15, 0.2) is 6.10 Å². The van der Waals surface area contributed by atoms with E-state index in [1.54, 1.807) is 0 Å². The SMILES string of the molecule is CC(Oc1cc(F)ccc1Br)C(=O)c1ccc(F)cc1F. The average molecular weight is 359 g/mol. The van der Waals surface area contributed by atoms with E-state index < -0.39 is 29.3 Å². The van der Waals surface area contributed by atoms with Gasteiger partial charge in [-0.2, -0.15) is 0 Å². The lowest BCUT2D eigenvalue weighted by Gasteiger charge is -2.15. The first-order valence-corrected chi connectivity index (χ1v) is 6.78. The maximum absolute atomic E-state index is 13.6. The Hall–Kier alpha value is -1.82. The number of carbonyl (C=O) groups is 1. The van der Waals surface area contributed by atoms with Crippen LogP contribution in [0.2, 0.25) is 0 Å². The van der Waals surface area contributed by atoms with E-state index in [9.17, 15) is 18.0 Å². The van der Waals surface area contributed by atoms with Crippen LogP contribution in [0.15, 0.2) is 40.9 Å². The molecule has 0 aromatic heterocycles. The number of carbonyl (C=O) groups excluding carboxylic acids is 1. The van der Waals surface area contributed by atoms with Crippen molar-refractivity contribution in [2.75, 3.05) is 0 Å². The van der Waals surface area contributed by atoms with Crippen molar-refractivity contribution in [3.05, 3.63) is 63.9 Å². The van der Waals surface area contributed by atoms with E-state index in [1.165, 1.54) is 19.1 Å². The summed E-state index contributed by atoms with van der Waals surface area (Å²) in [7, 11) is 0. The van der Waals surface area contributed by atoms with Crippen LogP contribution >= 0.6 is 15.9 Å². The third-order valence-corrected chi connectivity index (χ3v) is 3.42. The zero-order chi connectivity index (χ0) is 15.6. The predicted octanol–water partition coefficient (Wildman–Crippen LogP) is 4.52. The lowest BCUT2D eigenvalue weighted by molar-refractivity contribution is 0.0812. The van der Waals surface area contributed by atoms with Gasteiger partial charge in [0.1, 0.15) is 23.2 Å². The molecule has 21 heavy (non-hydrogen) atoms. The van der Waals surface area contributed by atoms with E-state index >= 15 is 0 Å². The van der Waals surface area contributed by atoms with Crippen molar-refractivity contribution in [1.29, 1.82) is 0 Å². The van der Waals surface area contributed by atoms with Gasteiger partial charge in [0.05, 0.1) is 10.0 Å². The standard InChI is InChI=1S/C15H10BrF3O2/c1-8(21-14-7-10(18)3-5-12(14)16)15(20)11-4-2-9(17)6-13(11)19/h2-8H,1H3. The molecule has 0 heterocycles. The highest BCUT2D eigenvalue weighted by Gasteiger charge is 2.21. The van der Waals surface area contributed by atoms with Crippen molar-refractivity contribution in [2.45, 2.75) is 13.0 Å². The van der Waals surface area contributed by atoms with Gasteiger partial charge >= 0.3 is 0 Å². The zero-order valence-corrected chi connectivity index (χ0v) is 12.5. The molecule has 1 unspecified atom stereocenters. The number of hydrogen-bond donors (Lipinski definition) is 0. The molecule has 2 rings (SSSR count). The van der Waals surface area contributed by atoms with Crippen LogP contribution in [0.5, 0.6) is 5.75 Å². The molecule has 2 aromatic rings. The van der Waals surface area contributed by atoms with Crippen molar-refractivity contribution in [3.8, 4) is 5.75 Å². The van der Waals surface area contributed by atoms with Gasteiger partial charge in [-0.15, -0.1) is 0 Å². The Bertz CT molecular complexity index is 689. The number of benzene rings is 2. The molecular weight excluding hydrogens is 349 g/mol. The second-order valence-corrected chi connectivity index (χ2v) is 5.18. The maximum Gasteiger partial charge on any atom is 0.205 e. The second-order valence-electron chi connectivity index (χ2n) is 4.32. The largest absolute Gasteiger partial charge is 0.481 e. The first kappa shape index (κ1) is 15.6. The van der Waals surface area contributed by atoms with Crippen molar-refractivity contribution in [3.63, 3.8) is 0 Å². The van der Waals surface area contributed by atoms with Crippen molar-refractivity contribution in [2.24, 2.45) is 0 Å². The van der Waals surface area contributed by atoms with Gasteiger partial charge in [-0.1, -0.05) is 0 Å². The van der Waals surface area contributed by atoms with Crippen LogP contribution in [0.25, 0.3) is 0 Å². The Morgan fingerprint density at radius 3 is 2.38 bits per heavy atom. The fourth-order valence-corrected chi connectivity index (χ4v) is 2.06. The molecule has 0 spiro atoms. The molecule has 0 radical (unpaired) electrons. The molecule has 0 amide bonds. The summed E-state index contributed by atoms with van der Waals surface area (Å²) in [6, 6.07) is 6.42. The van der Waals surface area contributed by atoms with E-state index in [0.29, 0.717) is 10.5 Å². The molecule has 0 fully saturated rings. The van der Waals surface area contributed by atoms with Gasteiger partial charge in [-0.05, 0) is 47.1 Å². The minimum absolute atomic E-state index is 0.123. The minimum atomic E-state index is -1.05. The maximum atomic E-state index is 13.6. The summed E-state index contributed by atoms with van der Waals surface area (Å²) in [4.78, 5) is 12.1. The van der Waals surface area contributed by atoms with E-state index in [4.69, 9.17) is 4.74 Å². The molecule has 0 N–H and O–H groups in total. The number of ketones is 1. The van der Waals surface area contributed by atoms with E-state index in [1.807, 2.05) is 0 Å². The first-order valence-electron chi connectivity index (χ1n) is 5.99. The lowest BCUT2D eigenvalue weighted by atomic mass is 10.1. The Balaban J connectivity index is 2.21. The Kier molecular flexibility index (Phi) is 4.67. The van der Waals surface area contributed by atoms with Crippen LogP contribution in [0.1, 0.15) is 17.3 Å². The highest BCUT2D eigenvalue weighted by Crippen LogP contribution is 2.27. The quantitative estimate of drug-likeness (QED) is 0.751. The van der Waals surface area contributed by atoms with Gasteiger partial charge in [-0.3, -0.25) is 4.79 Å². The molecule has 1 atom stereocenters. The highest BCUT2D eigenvalue weighted by atomic mass is 79.9. The van der Waals surface area contributed by atoms with Crippen LogP contribution in [0.3, 0.4) is 0 Å². The summed E-state index contributed by atoms with van der Waals surface area (Å²) >= 11 is 3.16. The number of rotatable bonds is 4. The number of Topliss-reactive ketones (excluding diaryl/α,β-unsaturated/α-hetero) is 1. The molecule has 2 aromatic carbocycles. The number of ether oxygens (including phenoxy) is 1. The minimum Gasteiger partial charge on any atom is -0.481 e. The highest BCUT2D eigenvalue weighted by molar-refractivity contribution is 9.10. The Labute approximate surface area is 127 Å². The molecule has 0 saturated heterocycles. The van der Waals surface area contributed by atoms with Crippen molar-refractivity contribution < 1.29 is 22.7 Å². The monoisotopic (exact) mass is 358 g/mol. The Morgan fingerprint density at radius 1 is 1.10 bits per heavy atom. The van der Waals surface area contributed by atoms with Crippen molar-refractivity contribution >= 4 is 21.7 Å². The Morgan fingerprint density at radius 2 is 1.71 bits per heavy atom. The fourth-order valence-electron chi connectivity index (χ4n) is 1.72. The normalized spacial score (nSPS) is 12.0. The van der Waals surface area contributed by atoms with Gasteiger partial charge in [0.2, 0.25) is 5.78 Å². The van der Waals surface area contributed by atoms with E-state index in [2.05, 4.69) is 15.9 Å². The molecule has 0 bridgehead atoms. The topological polar surface area (TPSA) is 26.3 Å². The summed E-state index contributed by atoms with van der Waals surface area (Å²) in [6.07, 6.45) is -1.05. The molecule has 6 heteroatoms. The third-order valence-electron chi connectivity index (χ3n) is 2.76. The molecule has 2 nitrogen and oxygen atoms in total. The summed E-state index contributed by atoms with van der Waals surface area (Å²) in [5.74, 6) is -2.80. The molecule has 110 valence electrons. The van der Waals surface area contributed by atoms with Gasteiger partial charge < -0.3 is 4.74 Å². The summed E-state index contributed by atoms with van der Waals surface area (Å²) in [5.41, 5.74) is -0.281. The average Bonchev–Trinajstić information content (AvgIpc) is 2.42. The molecule has 0 saturated carbocycles. The molecule has 0 aliphatic rings. The van der Waals surface area contributed by atoms with Gasteiger partial charge in [0.25, 0.3) is 0 Å². The summed E-state index contributed by atoms with van der Waals surface area (Å²) in [6.45, 7) is 1.41. The number of halogens is 4. The van der Waals surface area contributed by atoms with Crippen LogP contribution < -0.4 is 4.74 Å². The van der Waals surface area contributed by atoms with Crippen LogP contribution in [0, 0.1) is 17.5 Å². The lowest BCUT2D eigenvalue weighted by Crippen LogP contribution is -2.25. The summed E-state index contributed by atoms with van der Waals surface area (Å²) in [5, 5.41) is 0. The first-order chi connectivity index (χ1) is 9.88. The van der Waals surface area contributed by atoms with Crippen LogP contribution in [0.4, 0.5) is 13.2 Å².